The second-order valence-corrected chi connectivity index (χ2v) is 3.12. The molecule has 13 heavy (non-hydrogen) atoms. The third kappa shape index (κ3) is 2.69. The summed E-state index contributed by atoms with van der Waals surface area (Å²) in [6.45, 7) is 2.30. The van der Waals surface area contributed by atoms with Crippen molar-refractivity contribution >= 4 is 11.9 Å². The Hall–Kier alpha value is -1.10. The van der Waals surface area contributed by atoms with Gasteiger partial charge in [-0.25, -0.2) is 0 Å². The van der Waals surface area contributed by atoms with Gasteiger partial charge in [-0.05, 0) is 6.92 Å². The summed E-state index contributed by atoms with van der Waals surface area (Å²) >= 11 is 0. The SMILES string of the molecule is COC(=O)C(C)NC1CNC(=O)C1. The van der Waals surface area contributed by atoms with Crippen LogP contribution in [-0.4, -0.2) is 37.6 Å². The summed E-state index contributed by atoms with van der Waals surface area (Å²) in [6.07, 6.45) is 0.432. The molecule has 1 heterocycles. The van der Waals surface area contributed by atoms with E-state index in [1.807, 2.05) is 0 Å². The largest absolute Gasteiger partial charge is 0.468 e. The zero-order chi connectivity index (χ0) is 9.84. The van der Waals surface area contributed by atoms with E-state index in [1.165, 1.54) is 7.11 Å². The average Bonchev–Trinajstić information content (AvgIpc) is 2.49. The van der Waals surface area contributed by atoms with Crippen molar-refractivity contribution in [3.05, 3.63) is 0 Å². The number of amides is 1. The monoisotopic (exact) mass is 186 g/mol. The molecule has 2 N–H and O–H groups in total. The highest BCUT2D eigenvalue weighted by molar-refractivity contribution is 5.79. The van der Waals surface area contributed by atoms with Gasteiger partial charge in [-0.2, -0.15) is 0 Å². The van der Waals surface area contributed by atoms with Crippen LogP contribution in [0.2, 0.25) is 0 Å². The molecule has 5 nitrogen and oxygen atoms in total. The van der Waals surface area contributed by atoms with Crippen molar-refractivity contribution in [1.29, 1.82) is 0 Å². The van der Waals surface area contributed by atoms with Crippen molar-refractivity contribution in [2.45, 2.75) is 25.4 Å². The van der Waals surface area contributed by atoms with Gasteiger partial charge in [0.15, 0.2) is 0 Å². The molecule has 1 saturated heterocycles. The Morgan fingerprint density at radius 2 is 2.46 bits per heavy atom. The molecule has 0 aromatic carbocycles. The second kappa shape index (κ2) is 4.23. The molecule has 0 aromatic rings. The molecule has 1 rings (SSSR count). The summed E-state index contributed by atoms with van der Waals surface area (Å²) in [5.41, 5.74) is 0. The highest BCUT2D eigenvalue weighted by Crippen LogP contribution is 2.00. The van der Waals surface area contributed by atoms with Crippen molar-refractivity contribution in [1.82, 2.24) is 10.6 Å². The van der Waals surface area contributed by atoms with Crippen LogP contribution in [0.15, 0.2) is 0 Å². The molecular formula is C8H14N2O3. The predicted octanol–water partition coefficient (Wildman–Crippen LogP) is -0.974. The van der Waals surface area contributed by atoms with Crippen LogP contribution in [0.4, 0.5) is 0 Å². The van der Waals surface area contributed by atoms with Crippen molar-refractivity contribution in [3.8, 4) is 0 Å². The van der Waals surface area contributed by atoms with E-state index in [1.54, 1.807) is 6.92 Å². The maximum atomic E-state index is 11.0. The van der Waals surface area contributed by atoms with Crippen LogP contribution in [0.1, 0.15) is 13.3 Å². The van der Waals surface area contributed by atoms with E-state index in [0.717, 1.165) is 0 Å². The maximum Gasteiger partial charge on any atom is 0.322 e. The fourth-order valence-electron chi connectivity index (χ4n) is 1.32. The first-order valence-electron chi connectivity index (χ1n) is 4.24. The minimum atomic E-state index is -0.359. The molecule has 1 fully saturated rings. The van der Waals surface area contributed by atoms with E-state index in [-0.39, 0.29) is 24.0 Å². The number of ether oxygens (including phenoxy) is 1. The number of esters is 1. The lowest BCUT2D eigenvalue weighted by atomic mass is 10.2. The van der Waals surface area contributed by atoms with E-state index in [0.29, 0.717) is 13.0 Å². The summed E-state index contributed by atoms with van der Waals surface area (Å²) in [5.74, 6) is -0.283. The topological polar surface area (TPSA) is 67.4 Å². The molecule has 2 unspecified atom stereocenters. The van der Waals surface area contributed by atoms with Crippen LogP contribution in [0.25, 0.3) is 0 Å². The maximum absolute atomic E-state index is 11.0. The molecule has 0 aliphatic carbocycles. The number of hydrogen-bond acceptors (Lipinski definition) is 4. The lowest BCUT2D eigenvalue weighted by Gasteiger charge is -2.15. The van der Waals surface area contributed by atoms with Crippen LogP contribution >= 0.6 is 0 Å². The quantitative estimate of drug-likeness (QED) is 0.556. The predicted molar refractivity (Wildman–Crippen MR) is 46.0 cm³/mol. The molecule has 1 aliphatic rings. The van der Waals surface area contributed by atoms with E-state index in [4.69, 9.17) is 0 Å². The molecule has 0 aromatic heterocycles. The number of methoxy groups -OCH3 is 1. The van der Waals surface area contributed by atoms with Crippen LogP contribution in [0, 0.1) is 0 Å². The van der Waals surface area contributed by atoms with Gasteiger partial charge in [0, 0.05) is 19.0 Å². The van der Waals surface area contributed by atoms with Gasteiger partial charge in [0.2, 0.25) is 5.91 Å². The molecule has 0 saturated carbocycles. The van der Waals surface area contributed by atoms with Crippen LogP contribution in [0.3, 0.4) is 0 Å². The van der Waals surface area contributed by atoms with Crippen molar-refractivity contribution in [3.63, 3.8) is 0 Å². The zero-order valence-electron chi connectivity index (χ0n) is 7.79. The first kappa shape index (κ1) is 9.98. The van der Waals surface area contributed by atoms with Crippen LogP contribution in [0.5, 0.6) is 0 Å². The number of hydrogen-bond donors (Lipinski definition) is 2. The summed E-state index contributed by atoms with van der Waals surface area (Å²) < 4.78 is 4.54. The van der Waals surface area contributed by atoms with Gasteiger partial charge in [-0.15, -0.1) is 0 Å². The number of nitrogens with one attached hydrogen (secondary N) is 2. The zero-order valence-corrected chi connectivity index (χ0v) is 7.79. The Morgan fingerprint density at radius 3 is 2.92 bits per heavy atom. The fraction of sp³-hybridized carbons (Fsp3) is 0.750. The van der Waals surface area contributed by atoms with Crippen molar-refractivity contribution < 1.29 is 14.3 Å². The first-order chi connectivity index (χ1) is 6.13. The van der Waals surface area contributed by atoms with Gasteiger partial charge in [0.1, 0.15) is 6.04 Å². The highest BCUT2D eigenvalue weighted by Gasteiger charge is 2.24. The number of carbonyl (C=O) groups is 2. The molecule has 0 spiro atoms. The van der Waals surface area contributed by atoms with Crippen molar-refractivity contribution in [2.24, 2.45) is 0 Å². The third-order valence-corrected chi connectivity index (χ3v) is 2.02. The molecule has 0 bridgehead atoms. The van der Waals surface area contributed by atoms with Gasteiger partial charge < -0.3 is 10.1 Å². The lowest BCUT2D eigenvalue weighted by molar-refractivity contribution is -0.142. The van der Waals surface area contributed by atoms with E-state index in [9.17, 15) is 9.59 Å². The van der Waals surface area contributed by atoms with Gasteiger partial charge in [-0.3, -0.25) is 14.9 Å². The van der Waals surface area contributed by atoms with Gasteiger partial charge in [0.05, 0.1) is 7.11 Å². The van der Waals surface area contributed by atoms with E-state index in [2.05, 4.69) is 15.4 Å². The Morgan fingerprint density at radius 1 is 1.77 bits per heavy atom. The Kier molecular flexibility index (Phi) is 3.25. The molecule has 0 radical (unpaired) electrons. The molecule has 74 valence electrons. The summed E-state index contributed by atoms with van der Waals surface area (Å²) in [5, 5.41) is 5.68. The van der Waals surface area contributed by atoms with E-state index < -0.39 is 0 Å². The second-order valence-electron chi connectivity index (χ2n) is 3.12. The first-order valence-corrected chi connectivity index (χ1v) is 4.24. The fourth-order valence-corrected chi connectivity index (χ4v) is 1.32. The Balaban J connectivity index is 2.32. The molecule has 1 amide bonds. The lowest BCUT2D eigenvalue weighted by Crippen LogP contribution is -2.42. The van der Waals surface area contributed by atoms with E-state index >= 15 is 0 Å². The Labute approximate surface area is 76.8 Å². The standard InChI is InChI=1S/C8H14N2O3/c1-5(8(12)13-2)10-6-3-7(11)9-4-6/h5-6,10H,3-4H2,1-2H3,(H,9,11). The Bertz CT molecular complexity index is 217. The highest BCUT2D eigenvalue weighted by atomic mass is 16.5. The molecule has 1 aliphatic heterocycles. The third-order valence-electron chi connectivity index (χ3n) is 2.02. The van der Waals surface area contributed by atoms with Gasteiger partial charge in [0.25, 0.3) is 0 Å². The number of rotatable bonds is 3. The minimum absolute atomic E-state index is 0.0227. The summed E-state index contributed by atoms with van der Waals surface area (Å²) in [7, 11) is 1.35. The molecule has 2 atom stereocenters. The average molecular weight is 186 g/mol. The smallest absolute Gasteiger partial charge is 0.322 e. The summed E-state index contributed by atoms with van der Waals surface area (Å²) in [4.78, 5) is 21.8. The van der Waals surface area contributed by atoms with Crippen molar-refractivity contribution in [2.75, 3.05) is 13.7 Å². The normalized spacial score (nSPS) is 23.8. The summed E-state index contributed by atoms with van der Waals surface area (Å²) in [6, 6.07) is -0.315. The van der Waals surface area contributed by atoms with Crippen LogP contribution < -0.4 is 10.6 Å². The molecular weight excluding hydrogens is 172 g/mol. The minimum Gasteiger partial charge on any atom is -0.468 e. The molecule has 5 heteroatoms. The van der Waals surface area contributed by atoms with Gasteiger partial charge >= 0.3 is 5.97 Å². The van der Waals surface area contributed by atoms with Gasteiger partial charge in [-0.1, -0.05) is 0 Å². The van der Waals surface area contributed by atoms with Crippen LogP contribution in [-0.2, 0) is 14.3 Å². The number of carbonyl (C=O) groups excluding carboxylic acids is 2.